The lowest BCUT2D eigenvalue weighted by Gasteiger charge is -2.16. The number of nitrogens with one attached hydrogen (secondary N) is 2. The van der Waals surface area contributed by atoms with Crippen LogP contribution in [-0.2, 0) is 9.59 Å². The summed E-state index contributed by atoms with van der Waals surface area (Å²) in [4.78, 5) is 32.3. The van der Waals surface area contributed by atoms with Gasteiger partial charge in [0.15, 0.2) is 0 Å². The molecule has 0 saturated carbocycles. The maximum absolute atomic E-state index is 11.2. The van der Waals surface area contributed by atoms with Crippen LogP contribution >= 0.6 is 0 Å². The van der Waals surface area contributed by atoms with Crippen LogP contribution in [0.1, 0.15) is 20.3 Å². The minimum absolute atomic E-state index is 0.137. The van der Waals surface area contributed by atoms with Gasteiger partial charge in [-0.3, -0.25) is 4.79 Å². The molecule has 5 N–H and O–H groups in total. The van der Waals surface area contributed by atoms with Crippen molar-refractivity contribution in [1.29, 1.82) is 0 Å². The molecule has 0 bridgehead atoms. The molecule has 0 aromatic heterocycles. The molecule has 0 aromatic rings. The highest BCUT2D eigenvalue weighted by molar-refractivity contribution is 5.85. The molecule has 0 radical (unpaired) electrons. The monoisotopic (exact) mass is 231 g/mol. The molecule has 0 aliphatic rings. The minimum atomic E-state index is -1.11. The SMILES string of the molecule is CC(C)C[C@H](NC(=O)NCC(N)=O)C(=O)O. The number of rotatable bonds is 6. The number of primary amides is 1. The Morgan fingerprint density at radius 1 is 1.31 bits per heavy atom. The lowest BCUT2D eigenvalue weighted by atomic mass is 10.0. The van der Waals surface area contributed by atoms with Crippen LogP contribution in [0.2, 0.25) is 0 Å². The van der Waals surface area contributed by atoms with E-state index in [9.17, 15) is 14.4 Å². The first-order valence-corrected chi connectivity index (χ1v) is 4.88. The van der Waals surface area contributed by atoms with E-state index in [1.807, 2.05) is 13.8 Å². The van der Waals surface area contributed by atoms with Crippen molar-refractivity contribution in [1.82, 2.24) is 10.6 Å². The van der Waals surface area contributed by atoms with Gasteiger partial charge in [0.2, 0.25) is 5.91 Å². The fraction of sp³-hybridized carbons (Fsp3) is 0.667. The maximum Gasteiger partial charge on any atom is 0.326 e. The molecule has 0 unspecified atom stereocenters. The van der Waals surface area contributed by atoms with E-state index in [-0.39, 0.29) is 12.5 Å². The van der Waals surface area contributed by atoms with E-state index in [1.54, 1.807) is 0 Å². The van der Waals surface area contributed by atoms with Gasteiger partial charge in [-0.15, -0.1) is 0 Å². The molecule has 0 aliphatic carbocycles. The number of carbonyl (C=O) groups excluding carboxylic acids is 2. The first kappa shape index (κ1) is 14.2. The summed E-state index contributed by atoms with van der Waals surface area (Å²) in [7, 11) is 0. The number of amides is 3. The van der Waals surface area contributed by atoms with E-state index < -0.39 is 23.9 Å². The van der Waals surface area contributed by atoms with Crippen molar-refractivity contribution in [2.45, 2.75) is 26.3 Å². The summed E-state index contributed by atoms with van der Waals surface area (Å²) >= 11 is 0. The topological polar surface area (TPSA) is 122 Å². The van der Waals surface area contributed by atoms with Gasteiger partial charge >= 0.3 is 12.0 Å². The molecular weight excluding hydrogens is 214 g/mol. The van der Waals surface area contributed by atoms with E-state index in [2.05, 4.69) is 10.6 Å². The van der Waals surface area contributed by atoms with Gasteiger partial charge in [0, 0.05) is 0 Å². The van der Waals surface area contributed by atoms with Gasteiger partial charge in [-0.1, -0.05) is 13.8 Å². The zero-order valence-electron chi connectivity index (χ0n) is 9.32. The molecule has 16 heavy (non-hydrogen) atoms. The number of urea groups is 1. The lowest BCUT2D eigenvalue weighted by molar-refractivity contribution is -0.139. The van der Waals surface area contributed by atoms with Crippen LogP contribution < -0.4 is 16.4 Å². The van der Waals surface area contributed by atoms with Crippen LogP contribution in [0.15, 0.2) is 0 Å². The molecule has 0 heterocycles. The highest BCUT2D eigenvalue weighted by atomic mass is 16.4. The highest BCUT2D eigenvalue weighted by Gasteiger charge is 2.20. The Morgan fingerprint density at radius 3 is 2.25 bits per heavy atom. The molecule has 0 fully saturated rings. The number of carboxylic acids is 1. The number of aliphatic carboxylic acids is 1. The van der Waals surface area contributed by atoms with Crippen molar-refractivity contribution >= 4 is 17.9 Å². The average Bonchev–Trinajstić information content (AvgIpc) is 2.12. The fourth-order valence-electron chi connectivity index (χ4n) is 1.07. The van der Waals surface area contributed by atoms with Crippen LogP contribution in [-0.4, -0.2) is 35.6 Å². The Morgan fingerprint density at radius 2 is 1.88 bits per heavy atom. The second-order valence-corrected chi connectivity index (χ2v) is 3.81. The summed E-state index contributed by atoms with van der Waals surface area (Å²) in [5.41, 5.74) is 4.81. The van der Waals surface area contributed by atoms with Crippen LogP contribution in [0.3, 0.4) is 0 Å². The third-order valence-corrected chi connectivity index (χ3v) is 1.73. The van der Waals surface area contributed by atoms with E-state index in [1.165, 1.54) is 0 Å². The molecule has 0 aromatic carbocycles. The molecule has 3 amide bonds. The van der Waals surface area contributed by atoms with E-state index in [0.717, 1.165) is 0 Å². The zero-order valence-corrected chi connectivity index (χ0v) is 9.32. The molecule has 7 nitrogen and oxygen atoms in total. The molecule has 0 saturated heterocycles. The maximum atomic E-state index is 11.2. The van der Waals surface area contributed by atoms with Crippen molar-refractivity contribution in [2.24, 2.45) is 11.7 Å². The van der Waals surface area contributed by atoms with Crippen molar-refractivity contribution in [2.75, 3.05) is 6.54 Å². The molecular formula is C9H17N3O4. The third-order valence-electron chi connectivity index (χ3n) is 1.73. The largest absolute Gasteiger partial charge is 0.480 e. The lowest BCUT2D eigenvalue weighted by Crippen LogP contribution is -2.48. The standard InChI is InChI=1S/C9H17N3O4/c1-5(2)3-6(8(14)15)12-9(16)11-4-7(10)13/h5-6H,3-4H2,1-2H3,(H2,10,13)(H,14,15)(H2,11,12,16)/t6-/m0/s1. The van der Waals surface area contributed by atoms with Gasteiger partial charge in [0.1, 0.15) is 6.04 Å². The first-order valence-electron chi connectivity index (χ1n) is 4.88. The van der Waals surface area contributed by atoms with Gasteiger partial charge in [0.25, 0.3) is 0 Å². The first-order chi connectivity index (χ1) is 7.32. The van der Waals surface area contributed by atoms with Crippen molar-refractivity contribution in [3.8, 4) is 0 Å². The predicted octanol–water partition coefficient (Wildman–Crippen LogP) is -0.730. The summed E-state index contributed by atoms with van der Waals surface area (Å²) in [6.07, 6.45) is 0.319. The number of hydrogen-bond donors (Lipinski definition) is 4. The number of carboxylic acid groups (broad SMARTS) is 1. The quantitative estimate of drug-likeness (QED) is 0.481. The number of hydrogen-bond acceptors (Lipinski definition) is 3. The minimum Gasteiger partial charge on any atom is -0.480 e. The third kappa shape index (κ3) is 6.63. The Labute approximate surface area is 93.4 Å². The summed E-state index contributed by atoms with van der Waals surface area (Å²) < 4.78 is 0. The summed E-state index contributed by atoms with van der Waals surface area (Å²) in [5, 5.41) is 13.2. The Kier molecular flexibility index (Phi) is 5.91. The summed E-state index contributed by atoms with van der Waals surface area (Å²) in [6.45, 7) is 3.37. The van der Waals surface area contributed by atoms with E-state index in [0.29, 0.717) is 6.42 Å². The average molecular weight is 231 g/mol. The van der Waals surface area contributed by atoms with E-state index >= 15 is 0 Å². The van der Waals surface area contributed by atoms with Crippen LogP contribution in [0.25, 0.3) is 0 Å². The molecule has 1 atom stereocenters. The highest BCUT2D eigenvalue weighted by Crippen LogP contribution is 2.04. The van der Waals surface area contributed by atoms with Gasteiger partial charge in [-0.05, 0) is 12.3 Å². The van der Waals surface area contributed by atoms with Crippen LogP contribution in [0, 0.1) is 5.92 Å². The van der Waals surface area contributed by atoms with Crippen molar-refractivity contribution in [3.05, 3.63) is 0 Å². The Balaban J connectivity index is 4.13. The van der Waals surface area contributed by atoms with Gasteiger partial charge in [-0.25, -0.2) is 9.59 Å². The van der Waals surface area contributed by atoms with E-state index in [4.69, 9.17) is 10.8 Å². The van der Waals surface area contributed by atoms with Gasteiger partial charge in [-0.2, -0.15) is 0 Å². The molecule has 0 rings (SSSR count). The second kappa shape index (κ2) is 6.65. The zero-order chi connectivity index (χ0) is 12.7. The second-order valence-electron chi connectivity index (χ2n) is 3.81. The molecule has 92 valence electrons. The number of nitrogens with two attached hydrogens (primary N) is 1. The van der Waals surface area contributed by atoms with Crippen molar-refractivity contribution in [3.63, 3.8) is 0 Å². The van der Waals surface area contributed by atoms with Crippen LogP contribution in [0.5, 0.6) is 0 Å². The molecule has 0 aliphatic heterocycles. The molecule has 7 heteroatoms. The summed E-state index contributed by atoms with van der Waals surface area (Å²) in [6, 6.07) is -1.68. The number of carbonyl (C=O) groups is 3. The smallest absolute Gasteiger partial charge is 0.326 e. The van der Waals surface area contributed by atoms with Crippen LogP contribution in [0.4, 0.5) is 4.79 Å². The Hall–Kier alpha value is -1.79. The molecule has 0 spiro atoms. The van der Waals surface area contributed by atoms with Crippen molar-refractivity contribution < 1.29 is 19.5 Å². The van der Waals surface area contributed by atoms with Gasteiger partial charge < -0.3 is 21.5 Å². The Bertz CT molecular complexity index is 278. The fourth-order valence-corrected chi connectivity index (χ4v) is 1.07. The van der Waals surface area contributed by atoms with Gasteiger partial charge in [0.05, 0.1) is 6.54 Å². The predicted molar refractivity (Wildman–Crippen MR) is 56.6 cm³/mol. The summed E-state index contributed by atoms with van der Waals surface area (Å²) in [5.74, 6) is -1.66. The normalized spacial score (nSPS) is 11.9.